The number of Topliss-reactive ketones (excluding diaryl/α,β-unsaturated/α-hetero) is 1. The highest BCUT2D eigenvalue weighted by Crippen LogP contribution is 2.43. The van der Waals surface area contributed by atoms with E-state index >= 15 is 0 Å². The first-order chi connectivity index (χ1) is 12.1. The number of allylic oxidation sites excluding steroid dienone is 2. The van der Waals surface area contributed by atoms with Crippen LogP contribution in [0.15, 0.2) is 79.9 Å². The smallest absolute Gasteiger partial charge is 0.242 e. The Hall–Kier alpha value is -2.94. The van der Waals surface area contributed by atoms with E-state index in [-0.39, 0.29) is 11.7 Å². The van der Waals surface area contributed by atoms with Gasteiger partial charge in [0.2, 0.25) is 5.91 Å². The monoisotopic (exact) mass is 331 g/mol. The summed E-state index contributed by atoms with van der Waals surface area (Å²) in [5.41, 5.74) is 1.13. The van der Waals surface area contributed by atoms with Crippen LogP contribution >= 0.6 is 0 Å². The van der Waals surface area contributed by atoms with Crippen LogP contribution in [0.3, 0.4) is 0 Å². The van der Waals surface area contributed by atoms with Crippen LogP contribution in [0.5, 0.6) is 0 Å². The fourth-order valence-corrected chi connectivity index (χ4v) is 3.48. The van der Waals surface area contributed by atoms with E-state index < -0.39 is 5.41 Å². The summed E-state index contributed by atoms with van der Waals surface area (Å²) in [6.45, 7) is 7.95. The lowest BCUT2D eigenvalue weighted by atomic mass is 9.70. The maximum Gasteiger partial charge on any atom is 0.242 e. The van der Waals surface area contributed by atoms with Gasteiger partial charge in [-0.1, -0.05) is 54.6 Å². The van der Waals surface area contributed by atoms with E-state index in [4.69, 9.17) is 0 Å². The van der Waals surface area contributed by atoms with Gasteiger partial charge in [0.15, 0.2) is 5.78 Å². The van der Waals surface area contributed by atoms with Crippen molar-refractivity contribution in [2.24, 2.45) is 5.41 Å². The lowest BCUT2D eigenvalue weighted by Crippen LogP contribution is -2.52. The Balaban J connectivity index is 2.14. The maximum atomic E-state index is 13.4. The zero-order valence-electron chi connectivity index (χ0n) is 14.2. The molecule has 3 heteroatoms. The van der Waals surface area contributed by atoms with Gasteiger partial charge in [0.1, 0.15) is 5.41 Å². The normalized spacial score (nSPS) is 15.6. The van der Waals surface area contributed by atoms with E-state index in [0.29, 0.717) is 30.6 Å². The molecule has 2 aromatic rings. The van der Waals surface area contributed by atoms with Crippen molar-refractivity contribution in [1.29, 1.82) is 0 Å². The van der Waals surface area contributed by atoms with Gasteiger partial charge in [-0.2, -0.15) is 0 Å². The van der Waals surface area contributed by atoms with Gasteiger partial charge in [-0.15, -0.1) is 13.2 Å². The van der Waals surface area contributed by atoms with Crippen LogP contribution in [0.1, 0.15) is 28.8 Å². The molecule has 0 bridgehead atoms. The SMILES string of the molecule is C=CCC1(CC=C)C(=O)c2ccccc2N(Cc2ccccc2)C1=O. The van der Waals surface area contributed by atoms with Crippen molar-refractivity contribution in [3.63, 3.8) is 0 Å². The number of rotatable bonds is 6. The first-order valence-corrected chi connectivity index (χ1v) is 8.35. The molecule has 0 N–H and O–H groups in total. The van der Waals surface area contributed by atoms with Gasteiger partial charge in [-0.25, -0.2) is 0 Å². The molecule has 25 heavy (non-hydrogen) atoms. The minimum Gasteiger partial charge on any atom is -0.306 e. The fraction of sp³-hybridized carbons (Fsp3) is 0.182. The lowest BCUT2D eigenvalue weighted by molar-refractivity contribution is -0.126. The number of nitrogens with zero attached hydrogens (tertiary/aromatic N) is 1. The van der Waals surface area contributed by atoms with Gasteiger partial charge in [0.05, 0.1) is 12.2 Å². The molecule has 0 aliphatic carbocycles. The van der Waals surface area contributed by atoms with Gasteiger partial charge in [0, 0.05) is 5.56 Å². The van der Waals surface area contributed by atoms with E-state index in [2.05, 4.69) is 13.2 Å². The van der Waals surface area contributed by atoms with Gasteiger partial charge in [-0.05, 0) is 30.5 Å². The molecule has 126 valence electrons. The van der Waals surface area contributed by atoms with Crippen LogP contribution in [0.4, 0.5) is 5.69 Å². The summed E-state index contributed by atoms with van der Waals surface area (Å²) < 4.78 is 0. The van der Waals surface area contributed by atoms with Crippen LogP contribution < -0.4 is 4.90 Å². The first-order valence-electron chi connectivity index (χ1n) is 8.35. The second-order valence-electron chi connectivity index (χ2n) is 6.29. The molecular weight excluding hydrogens is 310 g/mol. The molecule has 1 heterocycles. The summed E-state index contributed by atoms with van der Waals surface area (Å²) in [6, 6.07) is 17.1. The molecule has 0 radical (unpaired) electrons. The molecule has 0 fully saturated rings. The summed E-state index contributed by atoms with van der Waals surface area (Å²) in [5, 5.41) is 0. The second kappa shape index (κ2) is 6.89. The Morgan fingerprint density at radius 2 is 1.48 bits per heavy atom. The molecule has 0 spiro atoms. The highest BCUT2D eigenvalue weighted by Gasteiger charge is 2.51. The number of carbonyl (C=O) groups excluding carboxylic acids is 2. The molecule has 1 amide bonds. The van der Waals surface area contributed by atoms with Crippen LogP contribution in [-0.2, 0) is 11.3 Å². The Labute approximate surface area is 148 Å². The first kappa shape index (κ1) is 16.9. The second-order valence-corrected chi connectivity index (χ2v) is 6.29. The van der Waals surface area contributed by atoms with E-state index in [1.54, 1.807) is 23.1 Å². The van der Waals surface area contributed by atoms with Crippen molar-refractivity contribution >= 4 is 17.4 Å². The number of benzene rings is 2. The molecule has 1 aliphatic rings. The van der Waals surface area contributed by atoms with Crippen molar-refractivity contribution in [3.8, 4) is 0 Å². The third kappa shape index (κ3) is 2.82. The lowest BCUT2D eigenvalue weighted by Gasteiger charge is -2.40. The number of ketones is 1. The molecule has 0 saturated carbocycles. The van der Waals surface area contributed by atoms with E-state index in [1.165, 1.54) is 0 Å². The third-order valence-corrected chi connectivity index (χ3v) is 4.70. The Morgan fingerprint density at radius 1 is 0.880 bits per heavy atom. The van der Waals surface area contributed by atoms with Crippen LogP contribution in [0.2, 0.25) is 0 Å². The molecule has 3 rings (SSSR count). The molecule has 0 saturated heterocycles. The minimum absolute atomic E-state index is 0.141. The third-order valence-electron chi connectivity index (χ3n) is 4.70. The number of hydrogen-bond donors (Lipinski definition) is 0. The molecule has 1 aliphatic heterocycles. The molecule has 2 aromatic carbocycles. The number of anilines is 1. The Morgan fingerprint density at radius 3 is 2.12 bits per heavy atom. The number of hydrogen-bond acceptors (Lipinski definition) is 2. The van der Waals surface area contributed by atoms with Crippen molar-refractivity contribution in [1.82, 2.24) is 0 Å². The minimum atomic E-state index is -1.15. The van der Waals surface area contributed by atoms with Gasteiger partial charge >= 0.3 is 0 Å². The van der Waals surface area contributed by atoms with Crippen LogP contribution in [0, 0.1) is 5.41 Å². The topological polar surface area (TPSA) is 37.4 Å². The Bertz CT molecular complexity index is 813. The summed E-state index contributed by atoms with van der Waals surface area (Å²) in [7, 11) is 0. The average Bonchev–Trinajstić information content (AvgIpc) is 2.65. The van der Waals surface area contributed by atoms with Gasteiger partial charge in [-0.3, -0.25) is 9.59 Å². The number of fused-ring (bicyclic) bond motifs is 1. The molecular formula is C22H21NO2. The predicted molar refractivity (Wildman–Crippen MR) is 100 cm³/mol. The Kier molecular flexibility index (Phi) is 4.66. The largest absolute Gasteiger partial charge is 0.306 e. The number of carbonyl (C=O) groups is 2. The van der Waals surface area contributed by atoms with E-state index in [9.17, 15) is 9.59 Å². The van der Waals surface area contributed by atoms with Crippen LogP contribution in [-0.4, -0.2) is 11.7 Å². The summed E-state index contributed by atoms with van der Waals surface area (Å²) in [6.07, 6.45) is 3.90. The quantitative estimate of drug-likeness (QED) is 0.575. The number of amides is 1. The summed E-state index contributed by atoms with van der Waals surface area (Å²) in [4.78, 5) is 28.3. The van der Waals surface area contributed by atoms with E-state index in [1.807, 2.05) is 48.5 Å². The highest BCUT2D eigenvalue weighted by atomic mass is 16.2. The average molecular weight is 331 g/mol. The fourth-order valence-electron chi connectivity index (χ4n) is 3.48. The summed E-state index contributed by atoms with van der Waals surface area (Å²) in [5.74, 6) is -0.322. The van der Waals surface area contributed by atoms with Crippen molar-refractivity contribution < 1.29 is 9.59 Å². The molecule has 0 aromatic heterocycles. The van der Waals surface area contributed by atoms with Gasteiger partial charge in [0.25, 0.3) is 0 Å². The predicted octanol–water partition coefficient (Wildman–Crippen LogP) is 4.55. The van der Waals surface area contributed by atoms with Crippen molar-refractivity contribution in [2.75, 3.05) is 4.90 Å². The number of para-hydroxylation sites is 1. The van der Waals surface area contributed by atoms with Crippen molar-refractivity contribution in [3.05, 3.63) is 91.0 Å². The molecule has 0 unspecified atom stereocenters. The highest BCUT2D eigenvalue weighted by molar-refractivity contribution is 6.24. The van der Waals surface area contributed by atoms with E-state index in [0.717, 1.165) is 5.56 Å². The standard InChI is InChI=1S/C22H21NO2/c1-3-14-22(15-4-2)20(24)18-12-8-9-13-19(18)23(21(22)25)16-17-10-6-5-7-11-17/h3-13H,1-2,14-16H2. The van der Waals surface area contributed by atoms with Gasteiger partial charge < -0.3 is 4.90 Å². The van der Waals surface area contributed by atoms with Crippen molar-refractivity contribution in [2.45, 2.75) is 19.4 Å². The van der Waals surface area contributed by atoms with Crippen LogP contribution in [0.25, 0.3) is 0 Å². The molecule has 0 atom stereocenters. The zero-order chi connectivity index (χ0) is 17.9. The maximum absolute atomic E-state index is 13.4. The zero-order valence-corrected chi connectivity index (χ0v) is 14.2. The molecule has 3 nitrogen and oxygen atoms in total. The summed E-state index contributed by atoms with van der Waals surface area (Å²) >= 11 is 0.